The van der Waals surface area contributed by atoms with Crippen LogP contribution in [0.15, 0.2) is 40.9 Å². The van der Waals surface area contributed by atoms with Crippen LogP contribution in [0.2, 0.25) is 0 Å². The van der Waals surface area contributed by atoms with Gasteiger partial charge in [0.2, 0.25) is 0 Å². The summed E-state index contributed by atoms with van der Waals surface area (Å²) in [5, 5.41) is 0. The van der Waals surface area contributed by atoms with Crippen LogP contribution in [0.5, 0.6) is 5.75 Å². The molecule has 0 fully saturated rings. The highest BCUT2D eigenvalue weighted by molar-refractivity contribution is 9.10. The van der Waals surface area contributed by atoms with Gasteiger partial charge in [0.15, 0.2) is 0 Å². The van der Waals surface area contributed by atoms with Crippen LogP contribution in [0.1, 0.15) is 24.1 Å². The van der Waals surface area contributed by atoms with Crippen molar-refractivity contribution in [2.75, 3.05) is 6.61 Å². The van der Waals surface area contributed by atoms with Crippen molar-refractivity contribution in [1.82, 2.24) is 0 Å². The minimum Gasteiger partial charge on any atom is -0.494 e. The maximum Gasteiger partial charge on any atom is 0.143 e. The van der Waals surface area contributed by atoms with Gasteiger partial charge in [0.25, 0.3) is 0 Å². The molecule has 0 amide bonds. The van der Waals surface area contributed by atoms with Crippen molar-refractivity contribution in [3.63, 3.8) is 0 Å². The van der Waals surface area contributed by atoms with Gasteiger partial charge in [0.1, 0.15) is 17.4 Å². The summed E-state index contributed by atoms with van der Waals surface area (Å²) in [6.45, 7) is 2.37. The van der Waals surface area contributed by atoms with Crippen molar-refractivity contribution < 1.29 is 13.5 Å². The molecule has 0 aromatic heterocycles. The maximum atomic E-state index is 14.0. The van der Waals surface area contributed by atoms with Crippen LogP contribution in [0.4, 0.5) is 8.78 Å². The largest absolute Gasteiger partial charge is 0.494 e. The molecule has 1 atom stereocenters. The van der Waals surface area contributed by atoms with Crippen molar-refractivity contribution in [2.24, 2.45) is 5.73 Å². The minimum absolute atomic E-state index is 0.0248. The second kappa shape index (κ2) is 7.00. The Hall–Kier alpha value is -1.46. The van der Waals surface area contributed by atoms with Gasteiger partial charge in [-0.25, -0.2) is 8.78 Å². The lowest BCUT2D eigenvalue weighted by atomic mass is 9.98. The van der Waals surface area contributed by atoms with E-state index in [-0.39, 0.29) is 16.5 Å². The van der Waals surface area contributed by atoms with Gasteiger partial charge in [0, 0.05) is 17.2 Å². The highest BCUT2D eigenvalue weighted by atomic mass is 79.9. The van der Waals surface area contributed by atoms with Crippen LogP contribution in [-0.2, 0) is 6.42 Å². The molecule has 2 aromatic carbocycles. The van der Waals surface area contributed by atoms with Crippen molar-refractivity contribution >= 4 is 15.9 Å². The van der Waals surface area contributed by atoms with Crippen molar-refractivity contribution in [2.45, 2.75) is 19.4 Å². The zero-order valence-corrected chi connectivity index (χ0v) is 13.2. The highest BCUT2D eigenvalue weighted by Crippen LogP contribution is 2.29. The number of para-hydroxylation sites is 1. The normalized spacial score (nSPS) is 12.2. The molecule has 0 aliphatic carbocycles. The predicted molar refractivity (Wildman–Crippen MR) is 82.3 cm³/mol. The van der Waals surface area contributed by atoms with E-state index in [1.807, 2.05) is 25.1 Å². The molecule has 5 heteroatoms. The first-order valence-corrected chi connectivity index (χ1v) is 7.43. The fourth-order valence-corrected chi connectivity index (χ4v) is 2.53. The smallest absolute Gasteiger partial charge is 0.143 e. The van der Waals surface area contributed by atoms with Crippen molar-refractivity contribution in [3.05, 3.63) is 63.6 Å². The molecule has 1 unspecified atom stereocenters. The maximum absolute atomic E-state index is 14.0. The molecule has 2 rings (SSSR count). The third-order valence-electron chi connectivity index (χ3n) is 3.18. The standard InChI is InChI=1S/C16H16BrF2NO/c1-2-21-15-6-4-3-5-10(15)14(20)9-11-13(18)8-7-12(17)16(11)19/h3-8,14H,2,9,20H2,1H3. The lowest BCUT2D eigenvalue weighted by Gasteiger charge is -2.17. The number of halogens is 3. The number of benzene rings is 2. The second-order valence-corrected chi connectivity index (χ2v) is 5.46. The summed E-state index contributed by atoms with van der Waals surface area (Å²) < 4.78 is 33.6. The Bertz CT molecular complexity index is 634. The molecule has 0 heterocycles. The molecule has 0 radical (unpaired) electrons. The Balaban J connectivity index is 2.31. The molecule has 21 heavy (non-hydrogen) atoms. The number of ether oxygens (including phenoxy) is 1. The monoisotopic (exact) mass is 355 g/mol. The second-order valence-electron chi connectivity index (χ2n) is 4.60. The summed E-state index contributed by atoms with van der Waals surface area (Å²) in [5.74, 6) is -0.567. The summed E-state index contributed by atoms with van der Waals surface area (Å²) in [5.41, 5.74) is 6.83. The first-order chi connectivity index (χ1) is 10.0. The van der Waals surface area contributed by atoms with Crippen molar-refractivity contribution in [3.8, 4) is 5.75 Å². The number of nitrogens with two attached hydrogens (primary N) is 1. The van der Waals surface area contributed by atoms with Gasteiger partial charge in [-0.3, -0.25) is 0 Å². The molecular formula is C16H16BrF2NO. The third kappa shape index (κ3) is 3.60. The van der Waals surface area contributed by atoms with Crippen LogP contribution >= 0.6 is 15.9 Å². The van der Waals surface area contributed by atoms with Gasteiger partial charge in [0.05, 0.1) is 11.1 Å². The van der Waals surface area contributed by atoms with Crippen LogP contribution in [0, 0.1) is 11.6 Å². The zero-order chi connectivity index (χ0) is 15.4. The molecule has 0 saturated carbocycles. The molecule has 0 aliphatic rings. The number of rotatable bonds is 5. The first kappa shape index (κ1) is 15.9. The summed E-state index contributed by atoms with van der Waals surface area (Å²) in [6.07, 6.45) is 0.0567. The van der Waals surface area contributed by atoms with E-state index in [2.05, 4.69) is 15.9 Å². The number of hydrogen-bond donors (Lipinski definition) is 1. The van der Waals surface area contributed by atoms with E-state index in [0.717, 1.165) is 5.56 Å². The van der Waals surface area contributed by atoms with E-state index in [9.17, 15) is 8.78 Å². The third-order valence-corrected chi connectivity index (χ3v) is 3.79. The fraction of sp³-hybridized carbons (Fsp3) is 0.250. The van der Waals surface area contributed by atoms with Gasteiger partial charge in [-0.05, 0) is 47.5 Å². The van der Waals surface area contributed by atoms with Gasteiger partial charge >= 0.3 is 0 Å². The summed E-state index contributed by atoms with van der Waals surface area (Å²) in [4.78, 5) is 0. The topological polar surface area (TPSA) is 35.2 Å². The van der Waals surface area contributed by atoms with E-state index >= 15 is 0 Å². The van der Waals surface area contributed by atoms with E-state index in [1.54, 1.807) is 6.07 Å². The Kier molecular flexibility index (Phi) is 5.31. The zero-order valence-electron chi connectivity index (χ0n) is 11.6. The molecule has 112 valence electrons. The molecule has 2 aromatic rings. The van der Waals surface area contributed by atoms with Crippen LogP contribution in [0.3, 0.4) is 0 Å². The van der Waals surface area contributed by atoms with E-state index in [0.29, 0.717) is 12.4 Å². The quantitative estimate of drug-likeness (QED) is 0.808. The summed E-state index contributed by atoms with van der Waals surface area (Å²) in [7, 11) is 0. The molecule has 0 aliphatic heterocycles. The van der Waals surface area contributed by atoms with Gasteiger partial charge in [-0.15, -0.1) is 0 Å². The van der Waals surface area contributed by atoms with Gasteiger partial charge in [-0.1, -0.05) is 18.2 Å². The minimum atomic E-state index is -0.612. The van der Waals surface area contributed by atoms with E-state index in [1.165, 1.54) is 12.1 Å². The summed E-state index contributed by atoms with van der Waals surface area (Å²) >= 11 is 3.06. The molecule has 0 saturated heterocycles. The Morgan fingerprint density at radius 2 is 1.90 bits per heavy atom. The molecule has 0 bridgehead atoms. The molecule has 2 nitrogen and oxygen atoms in total. The summed E-state index contributed by atoms with van der Waals surface area (Å²) in [6, 6.07) is 9.28. The molecule has 0 spiro atoms. The van der Waals surface area contributed by atoms with Crippen LogP contribution in [0.25, 0.3) is 0 Å². The van der Waals surface area contributed by atoms with Crippen LogP contribution < -0.4 is 10.5 Å². The van der Waals surface area contributed by atoms with Gasteiger partial charge < -0.3 is 10.5 Å². The Morgan fingerprint density at radius 3 is 2.62 bits per heavy atom. The lowest BCUT2D eigenvalue weighted by Crippen LogP contribution is -2.16. The van der Waals surface area contributed by atoms with E-state index < -0.39 is 17.7 Å². The first-order valence-electron chi connectivity index (χ1n) is 6.64. The SMILES string of the molecule is CCOc1ccccc1C(N)Cc1c(F)ccc(Br)c1F. The molecular weight excluding hydrogens is 340 g/mol. The lowest BCUT2D eigenvalue weighted by molar-refractivity contribution is 0.334. The van der Waals surface area contributed by atoms with Gasteiger partial charge in [-0.2, -0.15) is 0 Å². The average molecular weight is 356 g/mol. The molecule has 2 N–H and O–H groups in total. The van der Waals surface area contributed by atoms with Crippen LogP contribution in [-0.4, -0.2) is 6.61 Å². The predicted octanol–water partition coefficient (Wildman–Crippen LogP) is 4.37. The van der Waals surface area contributed by atoms with Crippen molar-refractivity contribution in [1.29, 1.82) is 0 Å². The Morgan fingerprint density at radius 1 is 1.19 bits per heavy atom. The average Bonchev–Trinajstić information content (AvgIpc) is 2.48. The highest BCUT2D eigenvalue weighted by Gasteiger charge is 2.18. The fourth-order valence-electron chi connectivity index (χ4n) is 2.16. The number of hydrogen-bond acceptors (Lipinski definition) is 2. The Labute approximate surface area is 131 Å². The van der Waals surface area contributed by atoms with E-state index in [4.69, 9.17) is 10.5 Å².